The van der Waals surface area contributed by atoms with E-state index in [4.69, 9.17) is 9.47 Å². The number of benzene rings is 3. The third-order valence-corrected chi connectivity index (χ3v) is 8.09. The van der Waals surface area contributed by atoms with Crippen LogP contribution in [0.25, 0.3) is 5.57 Å². The molecule has 0 aromatic heterocycles. The van der Waals surface area contributed by atoms with Gasteiger partial charge < -0.3 is 9.47 Å². The van der Waals surface area contributed by atoms with Crippen molar-refractivity contribution in [1.29, 1.82) is 0 Å². The number of hydrogen-bond donors (Lipinski definition) is 0. The van der Waals surface area contributed by atoms with Crippen LogP contribution in [0.3, 0.4) is 0 Å². The van der Waals surface area contributed by atoms with Crippen molar-refractivity contribution in [2.24, 2.45) is 0 Å². The second kappa shape index (κ2) is 9.58. The molecule has 0 aliphatic carbocycles. The van der Waals surface area contributed by atoms with E-state index in [2.05, 4.69) is 43.1 Å². The van der Waals surface area contributed by atoms with Crippen molar-refractivity contribution in [3.8, 4) is 0 Å². The van der Waals surface area contributed by atoms with E-state index in [-0.39, 0.29) is 11.9 Å². The van der Waals surface area contributed by atoms with E-state index < -0.39 is 8.07 Å². The second-order valence-electron chi connectivity index (χ2n) is 7.78. The molecule has 0 radical (unpaired) electrons. The Hall–Kier alpha value is -3.44. The van der Waals surface area contributed by atoms with Crippen molar-refractivity contribution in [3.63, 3.8) is 0 Å². The number of carbonyl (C=O) groups is 2. The number of rotatable bonds is 6. The van der Waals surface area contributed by atoms with Gasteiger partial charge in [0.05, 0.1) is 25.3 Å². The summed E-state index contributed by atoms with van der Waals surface area (Å²) in [4.78, 5) is 23.7. The van der Waals surface area contributed by atoms with Crippen molar-refractivity contribution in [2.75, 3.05) is 14.2 Å². The monoisotopic (exact) mass is 430 g/mol. The molecule has 0 fully saturated rings. The topological polar surface area (TPSA) is 52.6 Å². The van der Waals surface area contributed by atoms with Gasteiger partial charge in [-0.25, -0.2) is 9.59 Å². The molecule has 158 valence electrons. The van der Waals surface area contributed by atoms with Gasteiger partial charge in [-0.2, -0.15) is 0 Å². The second-order valence-corrected chi connectivity index (χ2v) is 12.1. The molecule has 3 aromatic carbocycles. The highest BCUT2D eigenvalue weighted by Crippen LogP contribution is 2.27. The minimum atomic E-state index is -1.94. The third-order valence-electron chi connectivity index (χ3n) is 5.26. The average Bonchev–Trinajstić information content (AvgIpc) is 2.82. The molecule has 0 atom stereocenters. The summed E-state index contributed by atoms with van der Waals surface area (Å²) in [6.07, 6.45) is 0. The molecule has 0 saturated heterocycles. The summed E-state index contributed by atoms with van der Waals surface area (Å²) in [5.74, 6) is -0.725. The van der Waals surface area contributed by atoms with E-state index >= 15 is 0 Å². The Labute approximate surface area is 184 Å². The largest absolute Gasteiger partial charge is 0.465 e. The van der Waals surface area contributed by atoms with Crippen LogP contribution in [0.2, 0.25) is 13.1 Å². The maximum atomic E-state index is 11.8. The van der Waals surface area contributed by atoms with Crippen molar-refractivity contribution >= 4 is 30.8 Å². The fourth-order valence-electron chi connectivity index (χ4n) is 3.45. The Kier molecular flexibility index (Phi) is 6.87. The zero-order chi connectivity index (χ0) is 22.4. The number of esters is 2. The maximum absolute atomic E-state index is 11.8. The Bertz CT molecular complexity index is 1020. The van der Waals surface area contributed by atoms with Crippen molar-refractivity contribution < 1.29 is 19.1 Å². The lowest BCUT2D eigenvalue weighted by Gasteiger charge is -2.22. The van der Waals surface area contributed by atoms with Crippen LogP contribution in [0.4, 0.5) is 0 Å². The molecular weight excluding hydrogens is 404 g/mol. The molecule has 0 bridgehead atoms. The molecule has 0 N–H and O–H groups in total. The van der Waals surface area contributed by atoms with E-state index in [1.165, 1.54) is 19.4 Å². The standard InChI is InChI=1S/C26H26O4Si/c1-29-25(27)21-14-10-19(11-15-21)24(18-31(3,4)23-8-6-5-7-9-23)20-12-16-22(17-13-20)26(28)30-2/h5-18H,1-4H3. The molecule has 0 heterocycles. The van der Waals surface area contributed by atoms with Crippen LogP contribution in [0.15, 0.2) is 84.6 Å². The summed E-state index contributed by atoms with van der Waals surface area (Å²) in [5, 5.41) is 1.32. The van der Waals surface area contributed by atoms with Gasteiger partial charge >= 0.3 is 11.9 Å². The van der Waals surface area contributed by atoms with Crippen LogP contribution in [0.1, 0.15) is 31.8 Å². The van der Waals surface area contributed by atoms with E-state index in [0.717, 1.165) is 16.7 Å². The fraction of sp³-hybridized carbons (Fsp3) is 0.154. The van der Waals surface area contributed by atoms with Crippen molar-refractivity contribution in [2.45, 2.75) is 13.1 Å². The SMILES string of the molecule is COC(=O)c1ccc(C(=C[Si](C)(C)c2ccccc2)c2ccc(C(=O)OC)cc2)cc1. The Morgan fingerprint density at radius 3 is 1.42 bits per heavy atom. The third kappa shape index (κ3) is 5.19. The molecule has 5 heteroatoms. The van der Waals surface area contributed by atoms with Gasteiger partial charge in [0.2, 0.25) is 0 Å². The summed E-state index contributed by atoms with van der Waals surface area (Å²) in [6, 6.07) is 25.3. The van der Waals surface area contributed by atoms with Crippen LogP contribution in [0, 0.1) is 0 Å². The smallest absolute Gasteiger partial charge is 0.337 e. The predicted molar refractivity (Wildman–Crippen MR) is 126 cm³/mol. The van der Waals surface area contributed by atoms with E-state index in [0.29, 0.717) is 11.1 Å². The first-order valence-electron chi connectivity index (χ1n) is 10.0. The normalized spacial score (nSPS) is 10.8. The van der Waals surface area contributed by atoms with Gasteiger partial charge in [-0.3, -0.25) is 0 Å². The molecule has 4 nitrogen and oxygen atoms in total. The first-order valence-corrected chi connectivity index (χ1v) is 13.1. The molecular formula is C26H26O4Si. The first kappa shape index (κ1) is 22.2. The predicted octanol–water partition coefficient (Wildman–Crippen LogP) is 4.85. The minimum absolute atomic E-state index is 0.362. The molecule has 0 aliphatic heterocycles. The van der Waals surface area contributed by atoms with Gasteiger partial charge in [0.25, 0.3) is 0 Å². The van der Waals surface area contributed by atoms with Gasteiger partial charge in [0.1, 0.15) is 8.07 Å². The van der Waals surface area contributed by atoms with Gasteiger partial charge in [0, 0.05) is 0 Å². The molecule has 3 rings (SSSR count). The van der Waals surface area contributed by atoms with Crippen LogP contribution < -0.4 is 5.19 Å². The van der Waals surface area contributed by atoms with Crippen LogP contribution in [-0.2, 0) is 9.47 Å². The Morgan fingerprint density at radius 2 is 1.03 bits per heavy atom. The average molecular weight is 431 g/mol. The van der Waals surface area contributed by atoms with Gasteiger partial charge in [-0.15, -0.1) is 0 Å². The quantitative estimate of drug-likeness (QED) is 0.415. The molecule has 31 heavy (non-hydrogen) atoms. The first-order chi connectivity index (χ1) is 14.9. The zero-order valence-corrected chi connectivity index (χ0v) is 19.2. The Balaban J connectivity index is 2.10. The van der Waals surface area contributed by atoms with E-state index in [9.17, 15) is 9.59 Å². The lowest BCUT2D eigenvalue weighted by atomic mass is 9.97. The summed E-state index contributed by atoms with van der Waals surface area (Å²) < 4.78 is 9.63. The summed E-state index contributed by atoms with van der Waals surface area (Å²) in [5.41, 5.74) is 6.42. The van der Waals surface area contributed by atoms with Crippen LogP contribution >= 0.6 is 0 Å². The van der Waals surface area contributed by atoms with Gasteiger partial charge in [-0.05, 0) is 41.0 Å². The maximum Gasteiger partial charge on any atom is 0.337 e. The number of methoxy groups -OCH3 is 2. The lowest BCUT2D eigenvalue weighted by Crippen LogP contribution is -2.39. The number of hydrogen-bond acceptors (Lipinski definition) is 4. The molecule has 0 saturated carbocycles. The highest BCUT2D eigenvalue weighted by atomic mass is 28.3. The summed E-state index contributed by atoms with van der Waals surface area (Å²) in [6.45, 7) is 4.60. The summed E-state index contributed by atoms with van der Waals surface area (Å²) >= 11 is 0. The number of ether oxygens (including phenoxy) is 2. The molecule has 3 aromatic rings. The van der Waals surface area contributed by atoms with Crippen LogP contribution in [-0.4, -0.2) is 34.2 Å². The highest BCUT2D eigenvalue weighted by Gasteiger charge is 2.22. The number of carbonyl (C=O) groups excluding carboxylic acids is 2. The zero-order valence-electron chi connectivity index (χ0n) is 18.2. The summed E-state index contributed by atoms with van der Waals surface area (Å²) in [7, 11) is 0.809. The van der Waals surface area contributed by atoms with E-state index in [1.54, 1.807) is 24.3 Å². The molecule has 0 aliphatic rings. The van der Waals surface area contributed by atoms with Crippen LogP contribution in [0.5, 0.6) is 0 Å². The van der Waals surface area contributed by atoms with Gasteiger partial charge in [0.15, 0.2) is 0 Å². The van der Waals surface area contributed by atoms with Crippen molar-refractivity contribution in [1.82, 2.24) is 0 Å². The Morgan fingerprint density at radius 1 is 0.645 bits per heavy atom. The van der Waals surface area contributed by atoms with E-state index in [1.807, 2.05) is 30.3 Å². The molecule has 0 amide bonds. The molecule has 0 unspecified atom stereocenters. The highest BCUT2D eigenvalue weighted by molar-refractivity contribution is 6.94. The van der Waals surface area contributed by atoms with Gasteiger partial charge in [-0.1, -0.05) is 78.6 Å². The minimum Gasteiger partial charge on any atom is -0.465 e. The fourth-order valence-corrected chi connectivity index (χ4v) is 5.73. The lowest BCUT2D eigenvalue weighted by molar-refractivity contribution is 0.0592. The van der Waals surface area contributed by atoms with Crippen molar-refractivity contribution in [3.05, 3.63) is 107 Å². The molecule has 0 spiro atoms.